The number of nitrogens with one attached hydrogen (secondary N) is 2. The van der Waals surface area contributed by atoms with Gasteiger partial charge in [0.15, 0.2) is 0 Å². The number of carbonyl (C=O) groups excluding carboxylic acids is 1. The van der Waals surface area contributed by atoms with Crippen molar-refractivity contribution in [1.29, 1.82) is 0 Å². The summed E-state index contributed by atoms with van der Waals surface area (Å²) in [5.41, 5.74) is 1.02. The Hall–Kier alpha value is -1.37. The zero-order valence-electron chi connectivity index (χ0n) is 9.11. The number of carbonyl (C=O) groups is 1. The molecule has 0 saturated carbocycles. The molecule has 1 amide bonds. The van der Waals surface area contributed by atoms with Crippen LogP contribution in [0.25, 0.3) is 0 Å². The van der Waals surface area contributed by atoms with E-state index in [1.54, 1.807) is 12.4 Å². The maximum Gasteiger partial charge on any atom is 0.224 e. The van der Waals surface area contributed by atoms with Crippen molar-refractivity contribution in [3.05, 3.63) is 51.6 Å². The fraction of sp³-hybridized carbons (Fsp3) is 0.167. The highest BCUT2D eigenvalue weighted by molar-refractivity contribution is 14.1. The maximum absolute atomic E-state index is 11.7. The van der Waals surface area contributed by atoms with Crippen molar-refractivity contribution < 1.29 is 4.79 Å². The van der Waals surface area contributed by atoms with Crippen LogP contribution in [0.2, 0.25) is 0 Å². The van der Waals surface area contributed by atoms with E-state index in [0.29, 0.717) is 13.0 Å². The maximum atomic E-state index is 11.7. The molecular weight excluding hydrogens is 329 g/mol. The van der Waals surface area contributed by atoms with E-state index in [1.807, 2.05) is 24.3 Å². The zero-order valence-corrected chi connectivity index (χ0v) is 11.3. The Morgan fingerprint density at radius 2 is 2.35 bits per heavy atom. The average Bonchev–Trinajstić information content (AvgIpc) is 2.79. The minimum atomic E-state index is 0.00315. The Balaban J connectivity index is 1.85. The first-order valence-corrected chi connectivity index (χ1v) is 6.31. The van der Waals surface area contributed by atoms with Crippen molar-refractivity contribution in [3.63, 3.8) is 0 Å². The second-order valence-corrected chi connectivity index (χ2v) is 4.86. The van der Waals surface area contributed by atoms with Crippen molar-refractivity contribution in [2.75, 3.05) is 0 Å². The fourth-order valence-electron chi connectivity index (χ4n) is 1.47. The van der Waals surface area contributed by atoms with Crippen LogP contribution in [0.4, 0.5) is 0 Å². The second kappa shape index (κ2) is 5.81. The van der Waals surface area contributed by atoms with Gasteiger partial charge in [-0.15, -0.1) is 0 Å². The van der Waals surface area contributed by atoms with Crippen LogP contribution in [0.3, 0.4) is 0 Å². The van der Waals surface area contributed by atoms with Crippen molar-refractivity contribution in [1.82, 2.24) is 15.3 Å². The van der Waals surface area contributed by atoms with E-state index in [-0.39, 0.29) is 5.91 Å². The van der Waals surface area contributed by atoms with Crippen LogP contribution >= 0.6 is 22.6 Å². The molecular formula is C12H12IN3O. The van der Waals surface area contributed by atoms with Crippen LogP contribution in [0.1, 0.15) is 11.4 Å². The predicted molar refractivity (Wildman–Crippen MR) is 73.3 cm³/mol. The second-order valence-electron chi connectivity index (χ2n) is 3.62. The summed E-state index contributed by atoms with van der Waals surface area (Å²) >= 11 is 2.24. The Morgan fingerprint density at radius 1 is 1.47 bits per heavy atom. The predicted octanol–water partition coefficient (Wildman–Crippen LogP) is 1.87. The van der Waals surface area contributed by atoms with E-state index in [2.05, 4.69) is 37.9 Å². The summed E-state index contributed by atoms with van der Waals surface area (Å²) < 4.78 is 1.14. The Kier molecular flexibility index (Phi) is 4.13. The summed E-state index contributed by atoms with van der Waals surface area (Å²) in [6.45, 7) is 0.440. The zero-order chi connectivity index (χ0) is 12.1. The number of amides is 1. The van der Waals surface area contributed by atoms with E-state index >= 15 is 0 Å². The van der Waals surface area contributed by atoms with Gasteiger partial charge in [0.1, 0.15) is 5.82 Å². The third-order valence-corrected chi connectivity index (χ3v) is 2.93. The van der Waals surface area contributed by atoms with Gasteiger partial charge < -0.3 is 10.3 Å². The van der Waals surface area contributed by atoms with Crippen molar-refractivity contribution >= 4 is 28.5 Å². The summed E-state index contributed by atoms with van der Waals surface area (Å²) in [7, 11) is 0. The van der Waals surface area contributed by atoms with E-state index in [1.165, 1.54) is 0 Å². The number of halogens is 1. The molecule has 0 unspecified atom stereocenters. The molecule has 0 spiro atoms. The molecule has 0 saturated heterocycles. The summed E-state index contributed by atoms with van der Waals surface area (Å²) in [5, 5.41) is 2.82. The summed E-state index contributed by atoms with van der Waals surface area (Å²) in [6, 6.07) is 7.92. The number of hydrogen-bond donors (Lipinski definition) is 2. The van der Waals surface area contributed by atoms with Gasteiger partial charge in [0, 0.05) is 16.0 Å². The topological polar surface area (TPSA) is 57.8 Å². The first-order chi connectivity index (χ1) is 8.24. The summed E-state index contributed by atoms with van der Waals surface area (Å²) in [6.07, 6.45) is 3.81. The third kappa shape index (κ3) is 3.85. The van der Waals surface area contributed by atoms with Gasteiger partial charge in [0.25, 0.3) is 0 Å². The molecule has 2 N–H and O–H groups in total. The quantitative estimate of drug-likeness (QED) is 0.835. The van der Waals surface area contributed by atoms with Crippen LogP contribution in [0.15, 0.2) is 36.7 Å². The van der Waals surface area contributed by atoms with E-state index in [4.69, 9.17) is 0 Å². The van der Waals surface area contributed by atoms with Crippen LogP contribution in [-0.2, 0) is 17.8 Å². The molecule has 88 valence electrons. The van der Waals surface area contributed by atoms with Gasteiger partial charge in [0.05, 0.1) is 13.0 Å². The fourth-order valence-corrected chi connectivity index (χ4v) is 2.08. The number of H-pyrrole nitrogens is 1. The lowest BCUT2D eigenvalue weighted by Crippen LogP contribution is -2.25. The van der Waals surface area contributed by atoms with Gasteiger partial charge in [-0.2, -0.15) is 0 Å². The van der Waals surface area contributed by atoms with Gasteiger partial charge in [0.2, 0.25) is 5.91 Å². The Labute approximate surface area is 113 Å². The molecule has 0 aliphatic carbocycles. The molecule has 2 aromatic rings. The largest absolute Gasteiger partial charge is 0.349 e. The van der Waals surface area contributed by atoms with Crippen molar-refractivity contribution in [2.24, 2.45) is 0 Å². The van der Waals surface area contributed by atoms with E-state index in [0.717, 1.165) is 15.0 Å². The normalized spacial score (nSPS) is 10.2. The van der Waals surface area contributed by atoms with Gasteiger partial charge >= 0.3 is 0 Å². The van der Waals surface area contributed by atoms with Crippen LogP contribution in [0, 0.1) is 3.57 Å². The van der Waals surface area contributed by atoms with Crippen LogP contribution in [-0.4, -0.2) is 15.9 Å². The summed E-state index contributed by atoms with van der Waals surface area (Å²) in [5.74, 6) is 0.768. The van der Waals surface area contributed by atoms with Crippen LogP contribution in [0.5, 0.6) is 0 Å². The molecule has 0 fully saturated rings. The smallest absolute Gasteiger partial charge is 0.224 e. The molecule has 0 atom stereocenters. The van der Waals surface area contributed by atoms with Crippen molar-refractivity contribution in [2.45, 2.75) is 13.0 Å². The minimum absolute atomic E-state index is 0.00315. The first kappa shape index (κ1) is 12.1. The molecule has 4 nitrogen and oxygen atoms in total. The number of imidazole rings is 1. The highest BCUT2D eigenvalue weighted by Gasteiger charge is 2.04. The van der Waals surface area contributed by atoms with Gasteiger partial charge in [-0.05, 0) is 40.3 Å². The SMILES string of the molecule is O=C(Cc1cccc(I)c1)NCc1ncc[nH]1. The number of hydrogen-bond acceptors (Lipinski definition) is 2. The molecule has 1 aromatic carbocycles. The van der Waals surface area contributed by atoms with Crippen LogP contribution < -0.4 is 5.32 Å². The number of aromatic nitrogens is 2. The van der Waals surface area contributed by atoms with E-state index in [9.17, 15) is 4.79 Å². The highest BCUT2D eigenvalue weighted by Crippen LogP contribution is 2.08. The molecule has 0 aliphatic rings. The van der Waals surface area contributed by atoms with Gasteiger partial charge in [-0.25, -0.2) is 4.98 Å². The van der Waals surface area contributed by atoms with E-state index < -0.39 is 0 Å². The Bertz CT molecular complexity index is 496. The lowest BCUT2D eigenvalue weighted by molar-refractivity contribution is -0.120. The molecule has 1 heterocycles. The van der Waals surface area contributed by atoms with Gasteiger partial charge in [-0.1, -0.05) is 12.1 Å². The monoisotopic (exact) mass is 341 g/mol. The molecule has 2 rings (SSSR count). The standard InChI is InChI=1S/C12H12IN3O/c13-10-3-1-2-9(6-10)7-12(17)16-8-11-14-4-5-15-11/h1-6H,7-8H2,(H,14,15)(H,16,17). The van der Waals surface area contributed by atoms with Gasteiger partial charge in [-0.3, -0.25) is 4.79 Å². The average molecular weight is 341 g/mol. The molecule has 1 aromatic heterocycles. The first-order valence-electron chi connectivity index (χ1n) is 5.23. The molecule has 0 bridgehead atoms. The summed E-state index contributed by atoms with van der Waals surface area (Å²) in [4.78, 5) is 18.6. The number of rotatable bonds is 4. The molecule has 0 radical (unpaired) electrons. The third-order valence-electron chi connectivity index (χ3n) is 2.26. The highest BCUT2D eigenvalue weighted by atomic mass is 127. The molecule has 17 heavy (non-hydrogen) atoms. The minimum Gasteiger partial charge on any atom is -0.349 e. The number of benzene rings is 1. The Morgan fingerprint density at radius 3 is 3.06 bits per heavy atom. The van der Waals surface area contributed by atoms with Crippen molar-refractivity contribution in [3.8, 4) is 0 Å². The number of nitrogens with zero attached hydrogens (tertiary/aromatic N) is 1. The molecule has 0 aliphatic heterocycles. The lowest BCUT2D eigenvalue weighted by atomic mass is 10.1. The lowest BCUT2D eigenvalue weighted by Gasteiger charge is -2.03. The molecule has 5 heteroatoms. The number of aromatic amines is 1.